The molecule has 1 aromatic carbocycles. The number of nitrogens with zero attached hydrogens (tertiary/aromatic N) is 2. The van der Waals surface area contributed by atoms with Gasteiger partial charge < -0.3 is 0 Å². The van der Waals surface area contributed by atoms with Gasteiger partial charge in [-0.2, -0.15) is 0 Å². The third-order valence-electron chi connectivity index (χ3n) is 2.02. The average Bonchev–Trinajstić information content (AvgIpc) is 2.02. The van der Waals surface area contributed by atoms with E-state index in [1.54, 1.807) is 6.20 Å². The number of hydrogen-bond acceptors (Lipinski definition) is 2. The Morgan fingerprint density at radius 3 is 2.77 bits per heavy atom. The molecular weight excluding hydrogens is 184 g/mol. The van der Waals surface area contributed by atoms with Crippen molar-refractivity contribution in [1.29, 1.82) is 0 Å². The summed E-state index contributed by atoms with van der Waals surface area (Å²) in [5, 5.41) is 1.37. The van der Waals surface area contributed by atoms with Crippen molar-refractivity contribution in [1.82, 2.24) is 9.97 Å². The van der Waals surface area contributed by atoms with Gasteiger partial charge in [0.2, 0.25) is 5.28 Å². The van der Waals surface area contributed by atoms with Crippen molar-refractivity contribution in [2.75, 3.05) is 0 Å². The Labute approximate surface area is 81.6 Å². The predicted molar refractivity (Wildman–Crippen MR) is 54.0 cm³/mol. The highest BCUT2D eigenvalue weighted by molar-refractivity contribution is 6.28. The van der Waals surface area contributed by atoms with Gasteiger partial charge in [0, 0.05) is 11.6 Å². The van der Waals surface area contributed by atoms with Crippen molar-refractivity contribution in [3.05, 3.63) is 34.7 Å². The molecule has 0 amide bonds. The highest BCUT2D eigenvalue weighted by Gasteiger charge is 2.01. The minimum absolute atomic E-state index is 0.303. The molecule has 0 bridgehead atoms. The van der Waals surface area contributed by atoms with E-state index in [-0.39, 0.29) is 0 Å². The number of aromatic nitrogens is 2. The van der Waals surface area contributed by atoms with Crippen LogP contribution in [-0.2, 0) is 0 Å². The number of aryl methyl sites for hydroxylation is 2. The second kappa shape index (κ2) is 2.96. The number of rotatable bonds is 0. The molecule has 2 nitrogen and oxygen atoms in total. The molecule has 0 spiro atoms. The first-order valence-corrected chi connectivity index (χ1v) is 4.44. The molecule has 2 rings (SSSR count). The Morgan fingerprint density at radius 1 is 1.23 bits per heavy atom. The molecule has 66 valence electrons. The molecule has 1 heterocycles. The highest BCUT2D eigenvalue weighted by Crippen LogP contribution is 2.18. The average molecular weight is 193 g/mol. The number of fused-ring (bicyclic) bond motifs is 1. The zero-order chi connectivity index (χ0) is 9.42. The molecular formula is C10H9ClN2. The summed E-state index contributed by atoms with van der Waals surface area (Å²) in [6, 6.07) is 4.12. The van der Waals surface area contributed by atoms with Crippen molar-refractivity contribution in [2.45, 2.75) is 13.8 Å². The normalized spacial score (nSPS) is 10.7. The van der Waals surface area contributed by atoms with Crippen LogP contribution in [0.2, 0.25) is 5.28 Å². The first kappa shape index (κ1) is 8.45. The number of hydrogen-bond donors (Lipinski definition) is 0. The number of benzene rings is 1. The van der Waals surface area contributed by atoms with Gasteiger partial charge in [-0.05, 0) is 42.6 Å². The Kier molecular flexibility index (Phi) is 1.93. The van der Waals surface area contributed by atoms with Crippen molar-refractivity contribution >= 4 is 22.5 Å². The SMILES string of the molecule is Cc1cc(C)c2cnc(Cl)nc2c1. The van der Waals surface area contributed by atoms with Crippen molar-refractivity contribution in [2.24, 2.45) is 0 Å². The first-order valence-electron chi connectivity index (χ1n) is 4.06. The molecule has 0 aliphatic carbocycles. The smallest absolute Gasteiger partial charge is 0.222 e. The summed E-state index contributed by atoms with van der Waals surface area (Å²) >= 11 is 5.70. The fourth-order valence-corrected chi connectivity index (χ4v) is 1.60. The molecule has 13 heavy (non-hydrogen) atoms. The molecule has 3 heteroatoms. The minimum Gasteiger partial charge on any atom is -0.226 e. The van der Waals surface area contributed by atoms with Crippen molar-refractivity contribution in [3.63, 3.8) is 0 Å². The molecule has 0 radical (unpaired) electrons. The van der Waals surface area contributed by atoms with Crippen LogP contribution in [-0.4, -0.2) is 9.97 Å². The lowest BCUT2D eigenvalue weighted by Crippen LogP contribution is -1.87. The van der Waals surface area contributed by atoms with Gasteiger partial charge in [0.15, 0.2) is 0 Å². The molecule has 1 aromatic heterocycles. The van der Waals surface area contributed by atoms with E-state index in [0.717, 1.165) is 10.9 Å². The second-order valence-corrected chi connectivity index (χ2v) is 3.49. The third kappa shape index (κ3) is 1.49. The van der Waals surface area contributed by atoms with E-state index in [9.17, 15) is 0 Å². The lowest BCUT2D eigenvalue weighted by Gasteiger charge is -2.02. The fourth-order valence-electron chi connectivity index (χ4n) is 1.46. The van der Waals surface area contributed by atoms with E-state index >= 15 is 0 Å². The van der Waals surface area contributed by atoms with Gasteiger partial charge >= 0.3 is 0 Å². The molecule has 0 saturated heterocycles. The van der Waals surface area contributed by atoms with Crippen LogP contribution in [0.25, 0.3) is 10.9 Å². The molecule has 0 saturated carbocycles. The van der Waals surface area contributed by atoms with Gasteiger partial charge in [0.25, 0.3) is 0 Å². The first-order chi connectivity index (χ1) is 6.16. The lowest BCUT2D eigenvalue weighted by atomic mass is 10.1. The number of halogens is 1. The third-order valence-corrected chi connectivity index (χ3v) is 2.20. The molecule has 0 aliphatic heterocycles. The molecule has 0 unspecified atom stereocenters. The zero-order valence-electron chi connectivity index (χ0n) is 7.50. The summed E-state index contributed by atoms with van der Waals surface area (Å²) in [6.07, 6.45) is 1.76. The van der Waals surface area contributed by atoms with Crippen molar-refractivity contribution in [3.8, 4) is 0 Å². The Morgan fingerprint density at radius 2 is 2.00 bits per heavy atom. The van der Waals surface area contributed by atoms with Gasteiger partial charge in [-0.15, -0.1) is 0 Å². The maximum Gasteiger partial charge on any atom is 0.222 e. The largest absolute Gasteiger partial charge is 0.226 e. The van der Waals surface area contributed by atoms with E-state index in [2.05, 4.69) is 16.0 Å². The molecule has 0 aliphatic rings. The van der Waals surface area contributed by atoms with Gasteiger partial charge in [-0.3, -0.25) is 0 Å². The summed E-state index contributed by atoms with van der Waals surface area (Å²) in [7, 11) is 0. The molecule has 2 aromatic rings. The standard InChI is InChI=1S/C10H9ClN2/c1-6-3-7(2)8-5-12-10(11)13-9(8)4-6/h3-5H,1-2H3. The molecule has 0 N–H and O–H groups in total. The van der Waals surface area contributed by atoms with Crippen LogP contribution in [0.1, 0.15) is 11.1 Å². The Balaban J connectivity index is 2.86. The summed E-state index contributed by atoms with van der Waals surface area (Å²) in [5.41, 5.74) is 3.30. The van der Waals surface area contributed by atoms with Crippen LogP contribution >= 0.6 is 11.6 Å². The summed E-state index contributed by atoms with van der Waals surface area (Å²) in [6.45, 7) is 4.09. The highest BCUT2D eigenvalue weighted by atomic mass is 35.5. The van der Waals surface area contributed by atoms with Gasteiger partial charge in [0.05, 0.1) is 5.52 Å². The maximum atomic E-state index is 5.70. The maximum absolute atomic E-state index is 5.70. The Hall–Kier alpha value is -1.15. The lowest BCUT2D eigenvalue weighted by molar-refractivity contribution is 1.21. The summed E-state index contributed by atoms with van der Waals surface area (Å²) < 4.78 is 0. The van der Waals surface area contributed by atoms with E-state index in [1.807, 2.05) is 19.9 Å². The monoisotopic (exact) mass is 192 g/mol. The topological polar surface area (TPSA) is 25.8 Å². The van der Waals surface area contributed by atoms with Crippen LogP contribution < -0.4 is 0 Å². The summed E-state index contributed by atoms with van der Waals surface area (Å²) in [4.78, 5) is 8.10. The van der Waals surface area contributed by atoms with E-state index in [0.29, 0.717) is 5.28 Å². The van der Waals surface area contributed by atoms with E-state index < -0.39 is 0 Å². The van der Waals surface area contributed by atoms with Crippen LogP contribution in [0.15, 0.2) is 18.3 Å². The van der Waals surface area contributed by atoms with E-state index in [4.69, 9.17) is 11.6 Å². The van der Waals surface area contributed by atoms with Crippen LogP contribution in [0, 0.1) is 13.8 Å². The molecule has 0 atom stereocenters. The predicted octanol–water partition coefficient (Wildman–Crippen LogP) is 2.90. The van der Waals surface area contributed by atoms with Crippen molar-refractivity contribution < 1.29 is 0 Å². The minimum atomic E-state index is 0.303. The zero-order valence-corrected chi connectivity index (χ0v) is 8.26. The second-order valence-electron chi connectivity index (χ2n) is 3.15. The van der Waals surface area contributed by atoms with E-state index in [1.165, 1.54) is 11.1 Å². The van der Waals surface area contributed by atoms with Gasteiger partial charge in [0.1, 0.15) is 0 Å². The Bertz CT molecular complexity index is 460. The van der Waals surface area contributed by atoms with Gasteiger partial charge in [-0.25, -0.2) is 9.97 Å². The van der Waals surface area contributed by atoms with Crippen LogP contribution in [0.4, 0.5) is 0 Å². The van der Waals surface area contributed by atoms with Crippen LogP contribution in [0.3, 0.4) is 0 Å². The molecule has 0 fully saturated rings. The summed E-state index contributed by atoms with van der Waals surface area (Å²) in [5.74, 6) is 0. The fraction of sp³-hybridized carbons (Fsp3) is 0.200. The van der Waals surface area contributed by atoms with Gasteiger partial charge in [-0.1, -0.05) is 6.07 Å². The quantitative estimate of drug-likeness (QED) is 0.600. The van der Waals surface area contributed by atoms with Crippen LogP contribution in [0.5, 0.6) is 0 Å².